The molecule has 0 aromatic heterocycles. The quantitative estimate of drug-likeness (QED) is 0.366. The zero-order valence-corrected chi connectivity index (χ0v) is 10.8. The smallest absolute Gasteiger partial charge is 0.292 e. The molecule has 0 atom stereocenters. The molecule has 0 heterocycles. The van der Waals surface area contributed by atoms with Crippen molar-refractivity contribution in [1.82, 2.24) is 10.6 Å². The Balaban J connectivity index is 2.33. The van der Waals surface area contributed by atoms with Gasteiger partial charge in [-0.1, -0.05) is 12.1 Å². The second-order valence-corrected chi connectivity index (χ2v) is 3.90. The van der Waals surface area contributed by atoms with Crippen LogP contribution in [0.15, 0.2) is 24.3 Å². The number of nitrogens with one attached hydrogen (secondary N) is 3. The zero-order valence-electron chi connectivity index (χ0n) is 10.8. The minimum Gasteiger partial charge on any atom is -0.378 e. The van der Waals surface area contributed by atoms with Crippen molar-refractivity contribution >= 4 is 17.3 Å². The fraction of sp³-hybridized carbons (Fsp3) is 0.417. The molecule has 0 saturated heterocycles. The topological polar surface area (TPSA) is 96.3 Å². The van der Waals surface area contributed by atoms with Gasteiger partial charge >= 0.3 is 0 Å². The molecule has 0 fully saturated rings. The first-order valence-corrected chi connectivity index (χ1v) is 6.03. The number of nitrogens with zero attached hydrogens (tertiary/aromatic N) is 1. The second-order valence-electron chi connectivity index (χ2n) is 3.90. The fourth-order valence-corrected chi connectivity index (χ4v) is 1.51. The van der Waals surface area contributed by atoms with E-state index in [4.69, 9.17) is 0 Å². The molecule has 0 radical (unpaired) electrons. The number of carbonyl (C=O) groups is 1. The molecule has 1 rings (SSSR count). The first-order chi connectivity index (χ1) is 9.15. The molecule has 0 bridgehead atoms. The van der Waals surface area contributed by atoms with Crippen LogP contribution in [-0.4, -0.2) is 37.5 Å². The monoisotopic (exact) mass is 266 g/mol. The lowest BCUT2D eigenvalue weighted by Gasteiger charge is -2.08. The third-order valence-corrected chi connectivity index (χ3v) is 2.47. The summed E-state index contributed by atoms with van der Waals surface area (Å²) in [5.74, 6) is -0.0429. The summed E-state index contributed by atoms with van der Waals surface area (Å²) in [7, 11) is 1.78. The van der Waals surface area contributed by atoms with Crippen molar-refractivity contribution in [3.05, 3.63) is 34.4 Å². The van der Waals surface area contributed by atoms with Crippen molar-refractivity contribution in [3.8, 4) is 0 Å². The van der Waals surface area contributed by atoms with Crippen LogP contribution in [0, 0.1) is 10.1 Å². The van der Waals surface area contributed by atoms with Gasteiger partial charge < -0.3 is 16.0 Å². The molecule has 0 unspecified atom stereocenters. The number of benzene rings is 1. The predicted octanol–water partition coefficient (Wildman–Crippen LogP) is 0.732. The summed E-state index contributed by atoms with van der Waals surface area (Å²) in [5.41, 5.74) is 0.487. The standard InChI is InChI=1S/C12H18N4O3/c1-13-7-6-12(17)15-9-8-14-10-4-2-3-5-11(10)16(18)19/h2-5,13-14H,6-9H2,1H3,(H,15,17). The van der Waals surface area contributed by atoms with Crippen molar-refractivity contribution in [2.75, 3.05) is 32.0 Å². The number of nitro benzene ring substituents is 1. The Morgan fingerprint density at radius 3 is 2.68 bits per heavy atom. The normalized spacial score (nSPS) is 9.95. The van der Waals surface area contributed by atoms with Gasteiger partial charge in [0.15, 0.2) is 0 Å². The summed E-state index contributed by atoms with van der Waals surface area (Å²) in [6.07, 6.45) is 0.419. The van der Waals surface area contributed by atoms with Gasteiger partial charge in [0.1, 0.15) is 5.69 Å². The first kappa shape index (κ1) is 14.9. The molecule has 1 amide bonds. The Bertz CT molecular complexity index is 437. The third kappa shape index (κ3) is 5.35. The highest BCUT2D eigenvalue weighted by Gasteiger charge is 2.11. The highest BCUT2D eigenvalue weighted by Crippen LogP contribution is 2.22. The lowest BCUT2D eigenvalue weighted by atomic mass is 10.2. The van der Waals surface area contributed by atoms with Gasteiger partial charge in [-0.05, 0) is 13.1 Å². The van der Waals surface area contributed by atoms with E-state index < -0.39 is 4.92 Å². The summed E-state index contributed by atoms with van der Waals surface area (Å²) in [4.78, 5) is 21.6. The fourth-order valence-electron chi connectivity index (χ4n) is 1.51. The molecule has 7 nitrogen and oxygen atoms in total. The van der Waals surface area contributed by atoms with Gasteiger partial charge in [0.2, 0.25) is 5.91 Å². The SMILES string of the molecule is CNCCC(=O)NCCNc1ccccc1[N+](=O)[O-]. The Hall–Kier alpha value is -2.15. The van der Waals surface area contributed by atoms with E-state index in [2.05, 4.69) is 16.0 Å². The van der Waals surface area contributed by atoms with E-state index in [9.17, 15) is 14.9 Å². The number of rotatable bonds is 8. The molecule has 7 heteroatoms. The molecule has 0 aliphatic rings. The van der Waals surface area contributed by atoms with Crippen LogP contribution in [0.4, 0.5) is 11.4 Å². The van der Waals surface area contributed by atoms with Crippen molar-refractivity contribution in [1.29, 1.82) is 0 Å². The number of amides is 1. The van der Waals surface area contributed by atoms with Gasteiger partial charge in [0.05, 0.1) is 4.92 Å². The molecule has 19 heavy (non-hydrogen) atoms. The van der Waals surface area contributed by atoms with Crippen molar-refractivity contribution < 1.29 is 9.72 Å². The molecule has 0 saturated carbocycles. The highest BCUT2D eigenvalue weighted by atomic mass is 16.6. The summed E-state index contributed by atoms with van der Waals surface area (Å²) in [6.45, 7) is 1.49. The van der Waals surface area contributed by atoms with E-state index in [1.54, 1.807) is 25.2 Å². The van der Waals surface area contributed by atoms with E-state index in [1.807, 2.05) is 0 Å². The molecular weight excluding hydrogens is 248 g/mol. The van der Waals surface area contributed by atoms with Crippen LogP contribution in [0.5, 0.6) is 0 Å². The predicted molar refractivity (Wildman–Crippen MR) is 73.1 cm³/mol. The molecule has 0 spiro atoms. The lowest BCUT2D eigenvalue weighted by Crippen LogP contribution is -2.30. The number of para-hydroxylation sites is 2. The largest absolute Gasteiger partial charge is 0.378 e. The molecule has 0 aliphatic heterocycles. The molecule has 1 aromatic carbocycles. The molecular formula is C12H18N4O3. The summed E-state index contributed by atoms with van der Waals surface area (Å²) in [6, 6.07) is 6.42. The van der Waals surface area contributed by atoms with Crippen molar-refractivity contribution in [2.45, 2.75) is 6.42 Å². The highest BCUT2D eigenvalue weighted by molar-refractivity contribution is 5.76. The van der Waals surface area contributed by atoms with Gasteiger partial charge in [-0.3, -0.25) is 14.9 Å². The maximum absolute atomic E-state index is 11.3. The summed E-state index contributed by atoms with van der Waals surface area (Å²) >= 11 is 0. The number of hydrogen-bond acceptors (Lipinski definition) is 5. The van der Waals surface area contributed by atoms with Crippen LogP contribution in [-0.2, 0) is 4.79 Å². The number of anilines is 1. The first-order valence-electron chi connectivity index (χ1n) is 6.03. The maximum atomic E-state index is 11.3. The molecule has 104 valence electrons. The van der Waals surface area contributed by atoms with E-state index >= 15 is 0 Å². The average molecular weight is 266 g/mol. The zero-order chi connectivity index (χ0) is 14.1. The van der Waals surface area contributed by atoms with Crippen LogP contribution in [0.3, 0.4) is 0 Å². The number of nitro groups is 1. The molecule has 3 N–H and O–H groups in total. The number of carbonyl (C=O) groups excluding carboxylic acids is 1. The van der Waals surface area contributed by atoms with E-state index in [0.29, 0.717) is 31.7 Å². The van der Waals surface area contributed by atoms with Crippen LogP contribution >= 0.6 is 0 Å². The Labute approximate surface area is 111 Å². The van der Waals surface area contributed by atoms with Gasteiger partial charge in [0.25, 0.3) is 5.69 Å². The Morgan fingerprint density at radius 2 is 2.00 bits per heavy atom. The van der Waals surface area contributed by atoms with E-state index in [0.717, 1.165) is 0 Å². The number of hydrogen-bond donors (Lipinski definition) is 3. The van der Waals surface area contributed by atoms with Crippen LogP contribution in [0.1, 0.15) is 6.42 Å². The minimum atomic E-state index is -0.437. The summed E-state index contributed by atoms with van der Waals surface area (Å²) < 4.78 is 0. The van der Waals surface area contributed by atoms with E-state index in [-0.39, 0.29) is 11.6 Å². The third-order valence-electron chi connectivity index (χ3n) is 2.47. The van der Waals surface area contributed by atoms with Gasteiger partial charge in [-0.15, -0.1) is 0 Å². The van der Waals surface area contributed by atoms with Gasteiger partial charge in [-0.25, -0.2) is 0 Å². The van der Waals surface area contributed by atoms with Crippen LogP contribution in [0.25, 0.3) is 0 Å². The molecule has 1 aromatic rings. The maximum Gasteiger partial charge on any atom is 0.292 e. The minimum absolute atomic E-state index is 0.0315. The van der Waals surface area contributed by atoms with Crippen molar-refractivity contribution in [3.63, 3.8) is 0 Å². The van der Waals surface area contributed by atoms with Gasteiger partial charge in [-0.2, -0.15) is 0 Å². The van der Waals surface area contributed by atoms with E-state index in [1.165, 1.54) is 6.07 Å². The Kier molecular flexibility index (Phi) is 6.31. The lowest BCUT2D eigenvalue weighted by molar-refractivity contribution is -0.384. The Morgan fingerprint density at radius 1 is 1.26 bits per heavy atom. The average Bonchev–Trinajstić information content (AvgIpc) is 2.41. The second kappa shape index (κ2) is 8.04. The molecule has 0 aliphatic carbocycles. The van der Waals surface area contributed by atoms with Crippen molar-refractivity contribution in [2.24, 2.45) is 0 Å². The summed E-state index contributed by atoms with van der Waals surface area (Å²) in [5, 5.41) is 19.3. The van der Waals surface area contributed by atoms with Crippen LogP contribution < -0.4 is 16.0 Å². The van der Waals surface area contributed by atoms with Crippen LogP contribution in [0.2, 0.25) is 0 Å². The van der Waals surface area contributed by atoms with Gasteiger partial charge in [0, 0.05) is 32.1 Å².